The van der Waals surface area contributed by atoms with Crippen LogP contribution in [0.4, 0.5) is 4.39 Å². The van der Waals surface area contributed by atoms with Crippen molar-refractivity contribution in [3.05, 3.63) is 76.3 Å². The molecule has 1 aromatic carbocycles. The van der Waals surface area contributed by atoms with Crippen molar-refractivity contribution < 1.29 is 14.0 Å². The molecule has 10 heteroatoms. The first-order valence-corrected chi connectivity index (χ1v) is 12.2. The molecule has 0 radical (unpaired) electrons. The highest BCUT2D eigenvalue weighted by Crippen LogP contribution is 2.32. The van der Waals surface area contributed by atoms with Crippen molar-refractivity contribution in [2.24, 2.45) is 0 Å². The predicted octanol–water partition coefficient (Wildman–Crippen LogP) is 3.85. The Bertz CT molecular complexity index is 1330. The van der Waals surface area contributed by atoms with Gasteiger partial charge in [-0.25, -0.2) is 14.4 Å². The van der Waals surface area contributed by atoms with Gasteiger partial charge < -0.3 is 10.2 Å². The number of carbonyl (C=O) groups is 2. The molecule has 1 N–H and O–H groups in total. The van der Waals surface area contributed by atoms with Crippen molar-refractivity contribution in [2.45, 2.75) is 12.3 Å². The summed E-state index contributed by atoms with van der Waals surface area (Å²) in [5.41, 5.74) is 2.41. The number of amides is 2. The quantitative estimate of drug-likeness (QED) is 0.468. The minimum absolute atomic E-state index is 0.126. The normalized spacial score (nSPS) is 15.8. The van der Waals surface area contributed by atoms with E-state index in [1.54, 1.807) is 45.6 Å². The van der Waals surface area contributed by atoms with E-state index in [9.17, 15) is 14.0 Å². The highest BCUT2D eigenvalue weighted by atomic mass is 32.2. The number of thioether (sulfide) groups is 1. The van der Waals surface area contributed by atoms with Crippen LogP contribution in [-0.2, 0) is 0 Å². The van der Waals surface area contributed by atoms with Gasteiger partial charge in [0.15, 0.2) is 0 Å². The lowest BCUT2D eigenvalue weighted by Gasteiger charge is -2.23. The first-order chi connectivity index (χ1) is 16.0. The molecule has 1 atom stereocenters. The summed E-state index contributed by atoms with van der Waals surface area (Å²) in [6.07, 6.45) is 3.34. The third-order valence-electron chi connectivity index (χ3n) is 5.38. The van der Waals surface area contributed by atoms with Crippen LogP contribution < -0.4 is 5.32 Å². The van der Waals surface area contributed by atoms with Crippen LogP contribution in [0.25, 0.3) is 16.9 Å². The van der Waals surface area contributed by atoms with Gasteiger partial charge in [0.25, 0.3) is 11.8 Å². The van der Waals surface area contributed by atoms with E-state index >= 15 is 0 Å². The van der Waals surface area contributed by atoms with Gasteiger partial charge in [-0.1, -0.05) is 6.07 Å². The second-order valence-corrected chi connectivity index (χ2v) is 10.0. The number of aromatic nitrogens is 3. The zero-order valence-electron chi connectivity index (χ0n) is 17.7. The molecule has 5 rings (SSSR count). The second kappa shape index (κ2) is 8.95. The molecule has 1 aliphatic heterocycles. The maximum absolute atomic E-state index is 13.5. The molecule has 0 spiro atoms. The number of aryl methyl sites for hydroxylation is 1. The number of benzene rings is 1. The van der Waals surface area contributed by atoms with E-state index in [0.717, 1.165) is 10.8 Å². The molecular formula is C23H20FN5O2S2. The summed E-state index contributed by atoms with van der Waals surface area (Å²) in [7, 11) is 0. The van der Waals surface area contributed by atoms with Crippen LogP contribution in [0.5, 0.6) is 0 Å². The van der Waals surface area contributed by atoms with Crippen molar-refractivity contribution >= 4 is 40.6 Å². The molecule has 0 aliphatic carbocycles. The van der Waals surface area contributed by atoms with Crippen molar-refractivity contribution in [1.29, 1.82) is 0 Å². The Kier molecular flexibility index (Phi) is 5.86. The van der Waals surface area contributed by atoms with Crippen LogP contribution in [0, 0.1) is 12.7 Å². The maximum Gasteiger partial charge on any atom is 0.270 e. The summed E-state index contributed by atoms with van der Waals surface area (Å²) in [5.74, 6) is 0.0791. The molecule has 0 bridgehead atoms. The van der Waals surface area contributed by atoms with Gasteiger partial charge in [-0.2, -0.15) is 0 Å². The van der Waals surface area contributed by atoms with Gasteiger partial charge in [-0.15, -0.1) is 23.1 Å². The largest absolute Gasteiger partial charge is 0.348 e. The number of fused-ring (bicyclic) bond motifs is 1. The van der Waals surface area contributed by atoms with E-state index in [0.29, 0.717) is 40.6 Å². The van der Waals surface area contributed by atoms with Crippen molar-refractivity contribution in [3.63, 3.8) is 0 Å². The number of nitrogens with zero attached hydrogens (tertiary/aromatic N) is 4. The maximum atomic E-state index is 13.5. The molecule has 1 saturated heterocycles. The third kappa shape index (κ3) is 4.23. The summed E-state index contributed by atoms with van der Waals surface area (Å²) < 4.78 is 15.1. The summed E-state index contributed by atoms with van der Waals surface area (Å²) in [4.78, 5) is 37.3. The standard InChI is InChI=1S/C23H20FN5O2S2/c1-14-27-20(15-5-7-16(24)8-6-15)21(33-14)23(31)29-10-11-32-19(29)13-26-22(30)17-12-25-18-4-2-3-9-28(17)18/h2-9,12,19H,10-11,13H2,1H3,(H,26,30). The molecule has 4 heterocycles. The van der Waals surface area contributed by atoms with Gasteiger partial charge in [0.05, 0.1) is 22.3 Å². The smallest absolute Gasteiger partial charge is 0.270 e. The van der Waals surface area contributed by atoms with Crippen LogP contribution in [0.15, 0.2) is 54.9 Å². The molecule has 168 valence electrons. The zero-order chi connectivity index (χ0) is 22.9. The average molecular weight is 482 g/mol. The number of rotatable bonds is 5. The molecule has 33 heavy (non-hydrogen) atoms. The van der Waals surface area contributed by atoms with Gasteiger partial charge in [-0.3, -0.25) is 14.0 Å². The molecule has 3 aromatic heterocycles. The number of hydrogen-bond donors (Lipinski definition) is 1. The summed E-state index contributed by atoms with van der Waals surface area (Å²) in [6.45, 7) is 2.75. The van der Waals surface area contributed by atoms with Crippen LogP contribution in [-0.4, -0.2) is 55.3 Å². The zero-order valence-corrected chi connectivity index (χ0v) is 19.3. The van der Waals surface area contributed by atoms with Crippen LogP contribution in [0.2, 0.25) is 0 Å². The molecule has 0 saturated carbocycles. The number of pyridine rings is 1. The van der Waals surface area contributed by atoms with Gasteiger partial charge >= 0.3 is 0 Å². The topological polar surface area (TPSA) is 79.6 Å². The molecule has 1 unspecified atom stereocenters. The van der Waals surface area contributed by atoms with E-state index in [1.165, 1.54) is 23.5 Å². The Labute approximate surface area is 197 Å². The van der Waals surface area contributed by atoms with Crippen molar-refractivity contribution in [3.8, 4) is 11.3 Å². The fraction of sp³-hybridized carbons (Fsp3) is 0.217. The fourth-order valence-electron chi connectivity index (χ4n) is 3.80. The molecule has 1 aliphatic rings. The second-order valence-electron chi connectivity index (χ2n) is 7.52. The molecule has 1 fully saturated rings. The number of hydrogen-bond acceptors (Lipinski definition) is 6. The van der Waals surface area contributed by atoms with E-state index < -0.39 is 0 Å². The third-order valence-corrected chi connectivity index (χ3v) is 7.57. The lowest BCUT2D eigenvalue weighted by Crippen LogP contribution is -2.42. The van der Waals surface area contributed by atoms with Gasteiger partial charge in [0, 0.05) is 30.6 Å². The summed E-state index contributed by atoms with van der Waals surface area (Å²) >= 11 is 2.96. The Hall–Kier alpha value is -3.24. The predicted molar refractivity (Wildman–Crippen MR) is 127 cm³/mol. The minimum atomic E-state index is -0.337. The number of imidazole rings is 1. The minimum Gasteiger partial charge on any atom is -0.348 e. The highest BCUT2D eigenvalue weighted by molar-refractivity contribution is 8.00. The number of halogens is 1. The first kappa shape index (κ1) is 21.6. The van der Waals surface area contributed by atoms with Crippen LogP contribution >= 0.6 is 23.1 Å². The summed E-state index contributed by atoms with van der Waals surface area (Å²) in [5, 5.41) is 3.52. The monoisotopic (exact) mass is 481 g/mol. The van der Waals surface area contributed by atoms with E-state index in [-0.39, 0.29) is 23.0 Å². The number of thiazole rings is 1. The lowest BCUT2D eigenvalue weighted by atomic mass is 10.1. The Morgan fingerprint density at radius 2 is 2.03 bits per heavy atom. The van der Waals surface area contributed by atoms with E-state index in [2.05, 4.69) is 15.3 Å². The number of carbonyl (C=O) groups excluding carboxylic acids is 2. The van der Waals surface area contributed by atoms with Gasteiger partial charge in [0.1, 0.15) is 22.0 Å². The molecule has 7 nitrogen and oxygen atoms in total. The molecule has 4 aromatic rings. The Morgan fingerprint density at radius 3 is 2.85 bits per heavy atom. The van der Waals surface area contributed by atoms with E-state index in [4.69, 9.17) is 0 Å². The number of nitrogens with one attached hydrogen (secondary N) is 1. The van der Waals surface area contributed by atoms with Crippen molar-refractivity contribution in [2.75, 3.05) is 18.8 Å². The highest BCUT2D eigenvalue weighted by Gasteiger charge is 2.33. The van der Waals surface area contributed by atoms with Crippen molar-refractivity contribution in [1.82, 2.24) is 24.6 Å². The van der Waals surface area contributed by atoms with Crippen LogP contribution in [0.1, 0.15) is 25.2 Å². The Morgan fingerprint density at radius 1 is 1.21 bits per heavy atom. The van der Waals surface area contributed by atoms with E-state index in [1.807, 2.05) is 25.1 Å². The van der Waals surface area contributed by atoms with Crippen LogP contribution in [0.3, 0.4) is 0 Å². The molecule has 2 amide bonds. The molecular weight excluding hydrogens is 461 g/mol. The van der Waals surface area contributed by atoms with Gasteiger partial charge in [0.2, 0.25) is 0 Å². The summed E-state index contributed by atoms with van der Waals surface area (Å²) in [6, 6.07) is 11.5. The lowest BCUT2D eigenvalue weighted by molar-refractivity contribution is 0.0756. The fourth-order valence-corrected chi connectivity index (χ4v) is 5.85. The van der Waals surface area contributed by atoms with Gasteiger partial charge in [-0.05, 0) is 43.3 Å². The SMILES string of the molecule is Cc1nc(-c2ccc(F)cc2)c(C(=O)N2CCSC2CNC(=O)c2cnc3ccccn23)s1. The Balaban J connectivity index is 1.32. The average Bonchev–Trinajstić information content (AvgIpc) is 3.55. The first-order valence-electron chi connectivity index (χ1n) is 10.4.